The Morgan fingerprint density at radius 1 is 1.29 bits per heavy atom. The maximum absolute atomic E-state index is 11.6. The summed E-state index contributed by atoms with van der Waals surface area (Å²) in [6, 6.07) is 2.14. The number of ether oxygens (including phenoxy) is 1. The van der Waals surface area contributed by atoms with Crippen LogP contribution in [0.2, 0.25) is 5.02 Å². The van der Waals surface area contributed by atoms with Crippen LogP contribution in [0.5, 0.6) is 0 Å². The van der Waals surface area contributed by atoms with E-state index < -0.39 is 39.4 Å². The van der Waals surface area contributed by atoms with E-state index in [4.69, 9.17) is 16.7 Å². The van der Waals surface area contributed by atoms with Crippen molar-refractivity contribution in [3.63, 3.8) is 0 Å². The molecule has 0 saturated carbocycles. The average molecular weight is 336 g/mol. The van der Waals surface area contributed by atoms with E-state index in [1.807, 2.05) is 0 Å². The molecule has 0 unspecified atom stereocenters. The van der Waals surface area contributed by atoms with Crippen molar-refractivity contribution < 1.29 is 27.5 Å². The Hall–Kier alpha value is -2.17. The molecule has 0 bridgehead atoms. The van der Waals surface area contributed by atoms with Crippen molar-refractivity contribution in [2.75, 3.05) is 6.61 Å². The van der Waals surface area contributed by atoms with Gasteiger partial charge in [-0.2, -0.15) is 0 Å². The molecule has 114 valence electrons. The fourth-order valence-corrected chi connectivity index (χ4v) is 2.31. The van der Waals surface area contributed by atoms with Crippen LogP contribution in [-0.4, -0.2) is 32.9 Å². The van der Waals surface area contributed by atoms with E-state index in [-0.39, 0.29) is 10.6 Å². The molecule has 0 heterocycles. The Morgan fingerprint density at radius 3 is 2.43 bits per heavy atom. The summed E-state index contributed by atoms with van der Waals surface area (Å²) in [5, 5.41) is 6.44. The second-order valence-corrected chi connectivity index (χ2v) is 5.62. The molecule has 0 aliphatic heterocycles. The van der Waals surface area contributed by atoms with Crippen molar-refractivity contribution in [2.24, 2.45) is 10.9 Å². The SMILES string of the molecule is NC(=O)NC(=O)COC(=O)c1ccc(Cl)c(S(N)(=O)=O)c1. The second kappa shape index (κ2) is 6.52. The number of primary amides is 1. The molecular weight excluding hydrogens is 326 g/mol. The summed E-state index contributed by atoms with van der Waals surface area (Å²) in [7, 11) is -4.12. The largest absolute Gasteiger partial charge is 0.452 e. The first-order valence-corrected chi connectivity index (χ1v) is 7.12. The lowest BCUT2D eigenvalue weighted by atomic mass is 10.2. The highest BCUT2D eigenvalue weighted by Gasteiger charge is 2.18. The first kappa shape index (κ1) is 16.9. The Balaban J connectivity index is 2.85. The fourth-order valence-electron chi connectivity index (χ4n) is 1.24. The smallest absolute Gasteiger partial charge is 0.338 e. The predicted molar refractivity (Wildman–Crippen MR) is 70.8 cm³/mol. The Morgan fingerprint density at radius 2 is 1.90 bits per heavy atom. The van der Waals surface area contributed by atoms with Gasteiger partial charge >= 0.3 is 12.0 Å². The van der Waals surface area contributed by atoms with Crippen LogP contribution >= 0.6 is 11.6 Å². The average Bonchev–Trinajstić information content (AvgIpc) is 2.34. The van der Waals surface area contributed by atoms with E-state index >= 15 is 0 Å². The highest BCUT2D eigenvalue weighted by molar-refractivity contribution is 7.89. The molecular formula is C10H10ClN3O6S. The third kappa shape index (κ3) is 5.02. The van der Waals surface area contributed by atoms with Gasteiger partial charge in [0.1, 0.15) is 4.90 Å². The summed E-state index contributed by atoms with van der Waals surface area (Å²) >= 11 is 5.64. The number of nitrogens with two attached hydrogens (primary N) is 2. The molecule has 1 aromatic carbocycles. The number of carbonyl (C=O) groups is 3. The highest BCUT2D eigenvalue weighted by atomic mass is 35.5. The minimum atomic E-state index is -4.12. The number of halogens is 1. The van der Waals surface area contributed by atoms with Gasteiger partial charge in [-0.05, 0) is 18.2 Å². The molecule has 0 fully saturated rings. The zero-order valence-corrected chi connectivity index (χ0v) is 11.9. The topological polar surface area (TPSA) is 159 Å². The lowest BCUT2D eigenvalue weighted by Crippen LogP contribution is -2.37. The first-order chi connectivity index (χ1) is 9.61. The number of hydrogen-bond acceptors (Lipinski definition) is 6. The van der Waals surface area contributed by atoms with E-state index in [2.05, 4.69) is 10.5 Å². The van der Waals surface area contributed by atoms with Crippen molar-refractivity contribution in [2.45, 2.75) is 4.90 Å². The molecule has 0 atom stereocenters. The minimum Gasteiger partial charge on any atom is -0.452 e. The number of hydrogen-bond donors (Lipinski definition) is 3. The molecule has 5 N–H and O–H groups in total. The molecule has 0 aliphatic rings. The molecule has 1 aromatic rings. The van der Waals surface area contributed by atoms with Crippen molar-refractivity contribution in [1.29, 1.82) is 0 Å². The lowest BCUT2D eigenvalue weighted by molar-refractivity contribution is -0.123. The van der Waals surface area contributed by atoms with Gasteiger partial charge in [0.15, 0.2) is 6.61 Å². The molecule has 21 heavy (non-hydrogen) atoms. The molecule has 11 heteroatoms. The summed E-state index contributed by atoms with van der Waals surface area (Å²) in [6.45, 7) is -0.769. The molecule has 1 rings (SSSR count). The number of nitrogens with one attached hydrogen (secondary N) is 1. The maximum atomic E-state index is 11.6. The number of rotatable bonds is 4. The first-order valence-electron chi connectivity index (χ1n) is 5.20. The van der Waals surface area contributed by atoms with Crippen LogP contribution < -0.4 is 16.2 Å². The van der Waals surface area contributed by atoms with Gasteiger partial charge in [0, 0.05) is 0 Å². The van der Waals surface area contributed by atoms with Crippen LogP contribution in [0, 0.1) is 0 Å². The molecule has 0 radical (unpaired) electrons. The molecule has 0 saturated heterocycles. The number of urea groups is 1. The van der Waals surface area contributed by atoms with Crippen molar-refractivity contribution >= 4 is 39.5 Å². The van der Waals surface area contributed by atoms with Gasteiger partial charge in [-0.3, -0.25) is 10.1 Å². The van der Waals surface area contributed by atoms with Gasteiger partial charge < -0.3 is 10.5 Å². The third-order valence-electron chi connectivity index (χ3n) is 2.07. The number of primary sulfonamides is 1. The quantitative estimate of drug-likeness (QED) is 0.619. The number of imide groups is 1. The van der Waals surface area contributed by atoms with Gasteiger partial charge in [-0.25, -0.2) is 23.1 Å². The Labute approximate surface area is 124 Å². The van der Waals surface area contributed by atoms with Gasteiger partial charge in [0.05, 0.1) is 10.6 Å². The predicted octanol–water partition coefficient (Wildman–Crippen LogP) is -0.661. The lowest BCUT2D eigenvalue weighted by Gasteiger charge is -2.06. The summed E-state index contributed by atoms with van der Waals surface area (Å²) in [4.78, 5) is 32.6. The van der Waals surface area contributed by atoms with E-state index in [0.717, 1.165) is 12.1 Å². The fraction of sp³-hybridized carbons (Fsp3) is 0.100. The number of carbonyl (C=O) groups excluding carboxylic acids is 3. The third-order valence-corrected chi connectivity index (χ3v) is 3.46. The van der Waals surface area contributed by atoms with Gasteiger partial charge in [0.25, 0.3) is 5.91 Å². The summed E-state index contributed by atoms with van der Waals surface area (Å²) in [5.74, 6) is -1.94. The summed E-state index contributed by atoms with van der Waals surface area (Å²) in [6.07, 6.45) is 0. The summed E-state index contributed by atoms with van der Waals surface area (Å²) in [5.41, 5.74) is 4.50. The monoisotopic (exact) mass is 335 g/mol. The van der Waals surface area contributed by atoms with Crippen LogP contribution in [0.4, 0.5) is 4.79 Å². The normalized spacial score (nSPS) is 10.8. The van der Waals surface area contributed by atoms with Crippen molar-refractivity contribution in [3.05, 3.63) is 28.8 Å². The second-order valence-electron chi connectivity index (χ2n) is 3.68. The number of sulfonamides is 1. The molecule has 3 amide bonds. The number of amides is 3. The Bertz CT molecular complexity index is 703. The van der Waals surface area contributed by atoms with Crippen molar-refractivity contribution in [1.82, 2.24) is 5.32 Å². The Kier molecular flexibility index (Phi) is 5.24. The van der Waals surface area contributed by atoms with Crippen LogP contribution in [0.3, 0.4) is 0 Å². The highest BCUT2D eigenvalue weighted by Crippen LogP contribution is 2.21. The van der Waals surface area contributed by atoms with Crippen LogP contribution in [0.1, 0.15) is 10.4 Å². The number of esters is 1. The van der Waals surface area contributed by atoms with Gasteiger partial charge in [-0.15, -0.1) is 0 Å². The van der Waals surface area contributed by atoms with Gasteiger partial charge in [0.2, 0.25) is 10.0 Å². The van der Waals surface area contributed by atoms with Crippen LogP contribution in [-0.2, 0) is 19.6 Å². The van der Waals surface area contributed by atoms with E-state index in [0.29, 0.717) is 0 Å². The van der Waals surface area contributed by atoms with E-state index in [1.165, 1.54) is 6.07 Å². The maximum Gasteiger partial charge on any atom is 0.338 e. The zero-order valence-electron chi connectivity index (χ0n) is 10.3. The molecule has 0 aliphatic carbocycles. The van der Waals surface area contributed by atoms with E-state index in [9.17, 15) is 22.8 Å². The summed E-state index contributed by atoms with van der Waals surface area (Å²) < 4.78 is 27.0. The molecule has 9 nitrogen and oxygen atoms in total. The van der Waals surface area contributed by atoms with Gasteiger partial charge in [-0.1, -0.05) is 11.6 Å². The number of benzene rings is 1. The van der Waals surface area contributed by atoms with Crippen LogP contribution in [0.15, 0.2) is 23.1 Å². The standard InChI is InChI=1S/C10H10ClN3O6S/c11-6-2-1-5(3-7(6)21(13,18)19)9(16)20-4-8(15)14-10(12)17/h1-3H,4H2,(H2,13,18,19)(H3,12,14,15,17). The minimum absolute atomic E-state index is 0.166. The zero-order chi connectivity index (χ0) is 16.2. The van der Waals surface area contributed by atoms with Crippen LogP contribution in [0.25, 0.3) is 0 Å². The molecule has 0 spiro atoms. The molecule has 0 aromatic heterocycles. The van der Waals surface area contributed by atoms with E-state index in [1.54, 1.807) is 5.32 Å². The van der Waals surface area contributed by atoms with Crippen molar-refractivity contribution in [3.8, 4) is 0 Å².